The molecule has 0 aliphatic rings. The van der Waals surface area contributed by atoms with E-state index < -0.39 is 40.0 Å². The van der Waals surface area contributed by atoms with E-state index in [9.17, 15) is 28.0 Å². The smallest absolute Gasteiger partial charge is 0.266 e. The molecule has 0 bridgehead atoms. The van der Waals surface area contributed by atoms with E-state index in [1.54, 1.807) is 0 Å². The summed E-state index contributed by atoms with van der Waals surface area (Å²) in [4.78, 5) is 12.4. The predicted molar refractivity (Wildman–Crippen MR) is 153 cm³/mol. The zero-order chi connectivity index (χ0) is 27.8. The van der Waals surface area contributed by atoms with Crippen molar-refractivity contribution in [1.82, 2.24) is 5.32 Å². The third kappa shape index (κ3) is 24.1. The summed E-state index contributed by atoms with van der Waals surface area (Å²) in [6.45, 7) is 4.40. The predicted octanol–water partition coefficient (Wildman–Crippen LogP) is 6.70. The Morgan fingerprint density at radius 2 is 0.973 bits per heavy atom. The minimum absolute atomic E-state index is 0.302. The molecule has 0 aromatic carbocycles. The molecule has 7 nitrogen and oxygen atoms in total. The first kappa shape index (κ1) is 36.3. The molecule has 0 fully saturated rings. The van der Waals surface area contributed by atoms with Crippen molar-refractivity contribution in [1.29, 1.82) is 0 Å². The average molecular weight is 550 g/mol. The lowest BCUT2D eigenvalue weighted by Gasteiger charge is -2.24. The number of aliphatic hydroxyl groups excluding tert-OH is 2. The number of hydrogen-bond donors (Lipinski definition) is 4. The molecule has 0 aliphatic carbocycles. The number of rotatable bonds is 27. The molecule has 0 aromatic rings. The van der Waals surface area contributed by atoms with Crippen LogP contribution in [-0.2, 0) is 14.9 Å². The number of aliphatic hydroxyl groups is 2. The molecule has 0 rings (SSSR count). The van der Waals surface area contributed by atoms with E-state index in [2.05, 4.69) is 19.2 Å². The van der Waals surface area contributed by atoms with Gasteiger partial charge in [-0.15, -0.1) is 0 Å². The normalized spacial score (nSPS) is 14.4. The van der Waals surface area contributed by atoms with Crippen LogP contribution in [0.2, 0.25) is 0 Å². The van der Waals surface area contributed by atoms with Crippen LogP contribution >= 0.6 is 0 Å². The highest BCUT2D eigenvalue weighted by Crippen LogP contribution is 2.15. The van der Waals surface area contributed by atoms with Gasteiger partial charge in [0.15, 0.2) is 0 Å². The van der Waals surface area contributed by atoms with Crippen molar-refractivity contribution < 1.29 is 28.0 Å². The quantitative estimate of drug-likeness (QED) is 0.0667. The largest absolute Gasteiger partial charge is 0.391 e. The van der Waals surface area contributed by atoms with Crippen LogP contribution < -0.4 is 5.32 Å². The van der Waals surface area contributed by atoms with Gasteiger partial charge in [-0.2, -0.15) is 8.42 Å². The van der Waals surface area contributed by atoms with Crippen LogP contribution in [-0.4, -0.2) is 53.1 Å². The van der Waals surface area contributed by atoms with Gasteiger partial charge >= 0.3 is 0 Å². The second-order valence-electron chi connectivity index (χ2n) is 10.9. The van der Waals surface area contributed by atoms with Gasteiger partial charge in [-0.25, -0.2) is 0 Å². The maximum absolute atomic E-state index is 12.4. The van der Waals surface area contributed by atoms with Gasteiger partial charge in [0.05, 0.1) is 17.9 Å². The molecular weight excluding hydrogens is 490 g/mol. The molecule has 3 atom stereocenters. The van der Waals surface area contributed by atoms with E-state index in [-0.39, 0.29) is 0 Å². The summed E-state index contributed by atoms with van der Waals surface area (Å²) in [6, 6.07) is -1.14. The summed E-state index contributed by atoms with van der Waals surface area (Å²) in [5.74, 6) is -1.45. The summed E-state index contributed by atoms with van der Waals surface area (Å²) in [7, 11) is -4.38. The van der Waals surface area contributed by atoms with Crippen molar-refractivity contribution in [2.45, 2.75) is 173 Å². The van der Waals surface area contributed by atoms with Crippen molar-refractivity contribution >= 4 is 16.0 Å². The maximum Gasteiger partial charge on any atom is 0.266 e. The van der Waals surface area contributed by atoms with Gasteiger partial charge in [-0.3, -0.25) is 9.35 Å². The van der Waals surface area contributed by atoms with Gasteiger partial charge in [0.2, 0.25) is 5.91 Å². The minimum Gasteiger partial charge on any atom is -0.391 e. The number of carbonyl (C=O) groups is 1. The van der Waals surface area contributed by atoms with Crippen LogP contribution in [0.15, 0.2) is 0 Å². The molecule has 0 saturated carbocycles. The number of amides is 1. The summed E-state index contributed by atoms with van der Waals surface area (Å²) in [5, 5.41) is 23.2. The highest BCUT2D eigenvalue weighted by molar-refractivity contribution is 7.85. The number of hydrogen-bond acceptors (Lipinski definition) is 5. The highest BCUT2D eigenvalue weighted by atomic mass is 32.2. The Balaban J connectivity index is 4.10. The zero-order valence-electron chi connectivity index (χ0n) is 24.0. The molecule has 0 aliphatic heterocycles. The molecule has 37 heavy (non-hydrogen) atoms. The molecule has 0 aromatic heterocycles. The second kappa shape index (κ2) is 24.3. The van der Waals surface area contributed by atoms with Gasteiger partial charge < -0.3 is 15.5 Å². The zero-order valence-corrected chi connectivity index (χ0v) is 24.8. The SMILES string of the molecule is CCCCCCCCCCCCCCCC(O)C(=O)NC(CS(=O)(=O)O)C(O)CCCCCCCCC. The monoisotopic (exact) mass is 549 g/mol. The third-order valence-electron chi connectivity index (χ3n) is 7.17. The van der Waals surface area contributed by atoms with E-state index in [1.165, 1.54) is 83.5 Å². The van der Waals surface area contributed by atoms with Crippen molar-refractivity contribution in [3.8, 4) is 0 Å². The molecular formula is C29H59NO6S. The Hall–Kier alpha value is -0.700. The first-order valence-corrected chi connectivity index (χ1v) is 16.9. The molecule has 0 radical (unpaired) electrons. The van der Waals surface area contributed by atoms with E-state index in [0.29, 0.717) is 19.3 Å². The average Bonchev–Trinajstić information content (AvgIpc) is 2.84. The topological polar surface area (TPSA) is 124 Å². The minimum atomic E-state index is -4.38. The molecule has 8 heteroatoms. The first-order chi connectivity index (χ1) is 17.7. The highest BCUT2D eigenvalue weighted by Gasteiger charge is 2.28. The molecule has 0 saturated heterocycles. The molecule has 222 valence electrons. The fourth-order valence-corrected chi connectivity index (χ4v) is 5.51. The maximum atomic E-state index is 12.4. The summed E-state index contributed by atoms with van der Waals surface area (Å²) in [6.07, 6.45) is 21.5. The van der Waals surface area contributed by atoms with E-state index in [0.717, 1.165) is 38.5 Å². The summed E-state index contributed by atoms with van der Waals surface area (Å²) >= 11 is 0. The fraction of sp³-hybridized carbons (Fsp3) is 0.966. The van der Waals surface area contributed by atoms with Crippen molar-refractivity contribution in [2.24, 2.45) is 0 Å². The molecule has 3 unspecified atom stereocenters. The van der Waals surface area contributed by atoms with Crippen molar-refractivity contribution in [3.63, 3.8) is 0 Å². The van der Waals surface area contributed by atoms with Crippen LogP contribution in [0.25, 0.3) is 0 Å². The molecule has 0 heterocycles. The van der Waals surface area contributed by atoms with Gasteiger partial charge in [0.25, 0.3) is 10.1 Å². The van der Waals surface area contributed by atoms with Crippen LogP contribution in [0.3, 0.4) is 0 Å². The second-order valence-corrected chi connectivity index (χ2v) is 12.4. The molecule has 4 N–H and O–H groups in total. The lowest BCUT2D eigenvalue weighted by molar-refractivity contribution is -0.131. The van der Waals surface area contributed by atoms with E-state index >= 15 is 0 Å². The van der Waals surface area contributed by atoms with Gasteiger partial charge in [0, 0.05) is 0 Å². The standard InChI is InChI=1S/C29H59NO6S/c1-3-5-7-9-11-12-13-14-15-16-18-20-22-24-28(32)29(33)30-26(25-37(34,35)36)27(31)23-21-19-17-10-8-6-4-2/h26-28,31-32H,3-25H2,1-2H3,(H,30,33)(H,34,35,36). The Labute approximate surface area is 228 Å². The number of carbonyl (C=O) groups excluding carboxylic acids is 1. The summed E-state index contributed by atoms with van der Waals surface area (Å²) < 4.78 is 32.1. The molecule has 1 amide bonds. The first-order valence-electron chi connectivity index (χ1n) is 15.3. The lowest BCUT2D eigenvalue weighted by Crippen LogP contribution is -2.50. The van der Waals surface area contributed by atoms with Crippen LogP contribution in [0.4, 0.5) is 0 Å². The Morgan fingerprint density at radius 3 is 1.35 bits per heavy atom. The van der Waals surface area contributed by atoms with Crippen LogP contribution in [0.5, 0.6) is 0 Å². The number of unbranched alkanes of at least 4 members (excludes halogenated alkanes) is 18. The summed E-state index contributed by atoms with van der Waals surface area (Å²) in [5.41, 5.74) is 0. The van der Waals surface area contributed by atoms with E-state index in [1.807, 2.05) is 0 Å². The van der Waals surface area contributed by atoms with Gasteiger partial charge in [-0.1, -0.05) is 142 Å². The van der Waals surface area contributed by atoms with Crippen molar-refractivity contribution in [3.05, 3.63) is 0 Å². The Bertz CT molecular complexity index is 628. The van der Waals surface area contributed by atoms with Crippen LogP contribution in [0, 0.1) is 0 Å². The van der Waals surface area contributed by atoms with Gasteiger partial charge in [-0.05, 0) is 12.8 Å². The van der Waals surface area contributed by atoms with E-state index in [4.69, 9.17) is 0 Å². The van der Waals surface area contributed by atoms with Crippen LogP contribution in [0.1, 0.15) is 155 Å². The Morgan fingerprint density at radius 1 is 0.622 bits per heavy atom. The van der Waals surface area contributed by atoms with Gasteiger partial charge in [0.1, 0.15) is 6.10 Å². The Kier molecular flexibility index (Phi) is 23.9. The third-order valence-corrected chi connectivity index (χ3v) is 7.95. The lowest BCUT2D eigenvalue weighted by atomic mass is 10.0. The molecule has 0 spiro atoms. The fourth-order valence-electron chi connectivity index (χ4n) is 4.75. The number of nitrogens with one attached hydrogen (secondary N) is 1. The van der Waals surface area contributed by atoms with Crippen molar-refractivity contribution in [2.75, 3.05) is 5.75 Å².